The van der Waals surface area contributed by atoms with Crippen molar-refractivity contribution >= 4 is 17.8 Å². The second kappa shape index (κ2) is 9.21. The number of allylic oxidation sites excluding steroid dienone is 1. The summed E-state index contributed by atoms with van der Waals surface area (Å²) in [6, 6.07) is 1.07. The molecule has 0 radical (unpaired) electrons. The van der Waals surface area contributed by atoms with Crippen LogP contribution in [0.2, 0.25) is 0 Å². The molecule has 2 aromatic rings. The van der Waals surface area contributed by atoms with Gasteiger partial charge in [-0.05, 0) is 18.9 Å². The minimum Gasteiger partial charge on any atom is -0.481 e. The number of aldehydes is 1. The number of fused-ring (bicyclic) bond motifs is 1. The van der Waals surface area contributed by atoms with E-state index < -0.39 is 17.6 Å². The van der Waals surface area contributed by atoms with Gasteiger partial charge in [0.15, 0.2) is 18.8 Å². The molecule has 186 valence electrons. The number of pyridine rings is 1. The van der Waals surface area contributed by atoms with E-state index in [4.69, 9.17) is 9.47 Å². The predicted octanol–water partition coefficient (Wildman–Crippen LogP) is 2.54. The molecule has 5 heterocycles. The number of rotatable bonds is 6. The first kappa shape index (κ1) is 23.1. The molecule has 0 amide bonds. The topological polar surface area (TPSA) is 96.0 Å². The lowest BCUT2D eigenvalue weighted by Crippen LogP contribution is -2.45. The summed E-state index contributed by atoms with van der Waals surface area (Å²) in [6.45, 7) is 1.86. The summed E-state index contributed by atoms with van der Waals surface area (Å²) in [6.07, 6.45) is 2.90. The van der Waals surface area contributed by atoms with E-state index in [1.165, 1.54) is 19.6 Å². The number of ether oxygens (including phenoxy) is 2. The van der Waals surface area contributed by atoms with Crippen molar-refractivity contribution in [3.05, 3.63) is 47.4 Å². The summed E-state index contributed by atoms with van der Waals surface area (Å²) in [5, 5.41) is 7.41. The maximum Gasteiger partial charge on any atom is 0.421 e. The molecule has 0 aliphatic carbocycles. The van der Waals surface area contributed by atoms with Crippen LogP contribution in [-0.2, 0) is 28.7 Å². The maximum absolute atomic E-state index is 13.5. The van der Waals surface area contributed by atoms with Crippen molar-refractivity contribution in [1.29, 1.82) is 0 Å². The highest BCUT2D eigenvalue weighted by Crippen LogP contribution is 2.38. The zero-order chi connectivity index (χ0) is 24.6. The lowest BCUT2D eigenvalue weighted by molar-refractivity contribution is -0.139. The molecule has 0 spiro atoms. The average Bonchev–Trinajstić information content (AvgIpc) is 3.52. The normalized spacial score (nSPS) is 20.3. The van der Waals surface area contributed by atoms with E-state index in [9.17, 15) is 18.0 Å². The smallest absolute Gasteiger partial charge is 0.421 e. The summed E-state index contributed by atoms with van der Waals surface area (Å²) in [5.74, 6) is 0.453. The summed E-state index contributed by atoms with van der Waals surface area (Å²) in [7, 11) is 1.17. The lowest BCUT2D eigenvalue weighted by atomic mass is 10.0. The molecule has 10 nitrogen and oxygen atoms in total. The number of anilines is 2. The minimum absolute atomic E-state index is 0.0882. The quantitative estimate of drug-likeness (QED) is 0.608. The highest BCUT2D eigenvalue weighted by Gasteiger charge is 2.37. The van der Waals surface area contributed by atoms with Crippen LogP contribution in [0.3, 0.4) is 0 Å². The molecule has 1 fully saturated rings. The third-order valence-electron chi connectivity index (χ3n) is 6.32. The number of hydrogen-bond donors (Lipinski definition) is 1. The van der Waals surface area contributed by atoms with Gasteiger partial charge < -0.3 is 19.7 Å². The lowest BCUT2D eigenvalue weighted by Gasteiger charge is -2.34. The van der Waals surface area contributed by atoms with Crippen LogP contribution in [0, 0.1) is 0 Å². The number of hydrazine groups is 1. The van der Waals surface area contributed by atoms with Crippen LogP contribution in [0.1, 0.15) is 29.7 Å². The molecule has 0 aromatic carbocycles. The molecule has 1 unspecified atom stereocenters. The zero-order valence-corrected chi connectivity index (χ0v) is 19.0. The molecule has 13 heteroatoms. The van der Waals surface area contributed by atoms with Crippen molar-refractivity contribution in [2.24, 2.45) is 0 Å². The van der Waals surface area contributed by atoms with Crippen LogP contribution in [0.15, 0.2) is 30.5 Å². The van der Waals surface area contributed by atoms with Crippen LogP contribution in [-0.4, -0.2) is 64.4 Å². The molecule has 0 bridgehead atoms. The monoisotopic (exact) mass is 491 g/mol. The van der Waals surface area contributed by atoms with Crippen LogP contribution < -0.4 is 15.0 Å². The van der Waals surface area contributed by atoms with E-state index >= 15 is 0 Å². The van der Waals surface area contributed by atoms with E-state index in [0.29, 0.717) is 37.3 Å². The SMILES string of the molecule is COc1ncc(N2CCc3ncnc(NC4CCCN4N4C=C(C=O)OC4)c3C2)cc1C(F)(F)F. The van der Waals surface area contributed by atoms with Gasteiger partial charge in [-0.3, -0.25) is 9.80 Å². The Hall–Kier alpha value is -3.61. The number of halogens is 3. The van der Waals surface area contributed by atoms with E-state index in [-0.39, 0.29) is 18.7 Å². The number of carbonyl (C=O) groups is 1. The van der Waals surface area contributed by atoms with Crippen molar-refractivity contribution in [2.45, 2.75) is 38.1 Å². The number of hydrogen-bond acceptors (Lipinski definition) is 10. The Kier molecular flexibility index (Phi) is 6.09. The van der Waals surface area contributed by atoms with E-state index in [2.05, 4.69) is 25.3 Å². The molecule has 5 rings (SSSR count). The van der Waals surface area contributed by atoms with E-state index in [1.807, 2.05) is 9.91 Å². The Bertz CT molecular complexity index is 1140. The largest absolute Gasteiger partial charge is 0.481 e. The number of methoxy groups -OCH3 is 1. The van der Waals surface area contributed by atoms with Crippen molar-refractivity contribution in [1.82, 2.24) is 25.0 Å². The molecule has 3 aliphatic rings. The van der Waals surface area contributed by atoms with Crippen molar-refractivity contribution < 1.29 is 27.4 Å². The molecule has 2 aromatic heterocycles. The number of alkyl halides is 3. The summed E-state index contributed by atoms with van der Waals surface area (Å²) in [4.78, 5) is 25.6. The number of carbonyl (C=O) groups excluding carboxylic acids is 1. The molecule has 1 atom stereocenters. The van der Waals surface area contributed by atoms with Gasteiger partial charge in [-0.1, -0.05) is 0 Å². The highest BCUT2D eigenvalue weighted by atomic mass is 19.4. The fourth-order valence-corrected chi connectivity index (χ4v) is 4.60. The Balaban J connectivity index is 1.38. The van der Waals surface area contributed by atoms with Gasteiger partial charge in [0.25, 0.3) is 0 Å². The maximum atomic E-state index is 13.5. The number of aromatic nitrogens is 3. The first-order valence-electron chi connectivity index (χ1n) is 11.2. The first-order chi connectivity index (χ1) is 16.9. The molecule has 0 saturated carbocycles. The fraction of sp³-hybridized carbons (Fsp3) is 0.455. The van der Waals surface area contributed by atoms with Crippen molar-refractivity contribution in [3.8, 4) is 5.88 Å². The van der Waals surface area contributed by atoms with Crippen LogP contribution >= 0.6 is 0 Å². The Labute approximate surface area is 199 Å². The van der Waals surface area contributed by atoms with Crippen molar-refractivity contribution in [3.63, 3.8) is 0 Å². The zero-order valence-electron chi connectivity index (χ0n) is 19.0. The minimum atomic E-state index is -4.58. The second-order valence-corrected chi connectivity index (χ2v) is 8.39. The predicted molar refractivity (Wildman–Crippen MR) is 118 cm³/mol. The fourth-order valence-electron chi connectivity index (χ4n) is 4.60. The van der Waals surface area contributed by atoms with Gasteiger partial charge in [0.2, 0.25) is 5.88 Å². The third-order valence-corrected chi connectivity index (χ3v) is 6.32. The molecule has 35 heavy (non-hydrogen) atoms. The van der Waals surface area contributed by atoms with Gasteiger partial charge in [0.1, 0.15) is 17.7 Å². The van der Waals surface area contributed by atoms with E-state index in [1.54, 1.807) is 6.20 Å². The summed E-state index contributed by atoms with van der Waals surface area (Å²) in [5.41, 5.74) is 1.12. The Morgan fingerprint density at radius 2 is 2.11 bits per heavy atom. The van der Waals surface area contributed by atoms with Crippen LogP contribution in [0.5, 0.6) is 5.88 Å². The van der Waals surface area contributed by atoms with Gasteiger partial charge in [0.05, 0.1) is 37.1 Å². The summed E-state index contributed by atoms with van der Waals surface area (Å²) >= 11 is 0. The summed E-state index contributed by atoms with van der Waals surface area (Å²) < 4.78 is 50.7. The van der Waals surface area contributed by atoms with Gasteiger partial charge in [-0.25, -0.2) is 15.0 Å². The standard InChI is InChI=1S/C22H24F3N7O3/c1-34-21-17(22(23,24)25)7-14(8-26-21)30-6-4-18-16(10-30)20(28-12-27-18)29-19-3-2-5-32(19)31-9-15(11-33)35-13-31/h7-9,11-12,19H,2-6,10,13H2,1H3,(H,27,28,29). The van der Waals surface area contributed by atoms with Gasteiger partial charge >= 0.3 is 6.18 Å². The Morgan fingerprint density at radius 3 is 2.86 bits per heavy atom. The molecule has 1 saturated heterocycles. The van der Waals surface area contributed by atoms with Crippen molar-refractivity contribution in [2.75, 3.05) is 37.1 Å². The molecular formula is C22H24F3N7O3. The average molecular weight is 491 g/mol. The van der Waals surface area contributed by atoms with Gasteiger partial charge in [-0.2, -0.15) is 18.2 Å². The van der Waals surface area contributed by atoms with Crippen LogP contribution in [0.25, 0.3) is 0 Å². The van der Waals surface area contributed by atoms with Crippen LogP contribution in [0.4, 0.5) is 24.7 Å². The number of nitrogens with one attached hydrogen (secondary N) is 1. The Morgan fingerprint density at radius 1 is 1.26 bits per heavy atom. The molecule has 3 aliphatic heterocycles. The first-order valence-corrected chi connectivity index (χ1v) is 11.2. The van der Waals surface area contributed by atoms with Gasteiger partial charge in [0, 0.05) is 31.6 Å². The third kappa shape index (κ3) is 4.55. The van der Waals surface area contributed by atoms with Gasteiger partial charge in [-0.15, -0.1) is 0 Å². The van der Waals surface area contributed by atoms with E-state index in [0.717, 1.165) is 36.7 Å². The molecule has 1 N–H and O–H groups in total. The highest BCUT2D eigenvalue weighted by molar-refractivity contribution is 5.70. The second-order valence-electron chi connectivity index (χ2n) is 8.39. The molecular weight excluding hydrogens is 467 g/mol. The number of nitrogens with zero attached hydrogens (tertiary/aromatic N) is 6.